The molecule has 1 aliphatic carbocycles. The zero-order chi connectivity index (χ0) is 16.3. The summed E-state index contributed by atoms with van der Waals surface area (Å²) in [5.41, 5.74) is 2.00. The van der Waals surface area contributed by atoms with Crippen molar-refractivity contribution in [3.8, 4) is 0 Å². The van der Waals surface area contributed by atoms with Gasteiger partial charge in [0.15, 0.2) is 0 Å². The Bertz CT molecular complexity index is 815. The van der Waals surface area contributed by atoms with E-state index in [1.54, 1.807) is 18.4 Å². The van der Waals surface area contributed by atoms with Crippen LogP contribution in [0.4, 0.5) is 0 Å². The minimum Gasteiger partial charge on any atom is -0.285 e. The lowest BCUT2D eigenvalue weighted by Gasteiger charge is -2.30. The fourth-order valence-electron chi connectivity index (χ4n) is 3.76. The normalized spacial score (nSPS) is 26.4. The smallest absolute Gasteiger partial charge is 0.238 e. The van der Waals surface area contributed by atoms with Crippen LogP contribution in [0.2, 0.25) is 5.02 Å². The Morgan fingerprint density at radius 3 is 2.61 bits per heavy atom. The first kappa shape index (κ1) is 14.8. The summed E-state index contributed by atoms with van der Waals surface area (Å²) in [6, 6.07) is 7.56. The number of amides is 2. The molecule has 3 atom stereocenters. The number of hydrogen-bond donors (Lipinski definition) is 0. The number of aryl methyl sites for hydroxylation is 1. The zero-order valence-electron chi connectivity index (χ0n) is 12.7. The predicted molar refractivity (Wildman–Crippen MR) is 88.8 cm³/mol. The largest absolute Gasteiger partial charge is 0.285 e. The molecule has 1 aliphatic heterocycles. The predicted octanol–water partition coefficient (Wildman–Crippen LogP) is 3.14. The van der Waals surface area contributed by atoms with Crippen molar-refractivity contribution in [2.45, 2.75) is 25.2 Å². The van der Waals surface area contributed by atoms with E-state index < -0.39 is 0 Å². The van der Waals surface area contributed by atoms with E-state index >= 15 is 0 Å². The highest BCUT2D eigenvalue weighted by atomic mass is 35.5. The Morgan fingerprint density at radius 2 is 1.91 bits per heavy atom. The molecule has 2 heterocycles. The number of nitrogens with zero attached hydrogens (tertiary/aromatic N) is 2. The van der Waals surface area contributed by atoms with Crippen molar-refractivity contribution >= 4 is 34.8 Å². The average Bonchev–Trinajstić information content (AvgIpc) is 3.00. The van der Waals surface area contributed by atoms with Gasteiger partial charge >= 0.3 is 0 Å². The second kappa shape index (κ2) is 5.14. The van der Waals surface area contributed by atoms with Crippen molar-refractivity contribution < 1.29 is 9.59 Å². The molecule has 2 aromatic rings. The van der Waals surface area contributed by atoms with Gasteiger partial charge in [0, 0.05) is 22.9 Å². The number of likely N-dealkylation sites (tertiary alicyclic amines) is 1. The minimum absolute atomic E-state index is 0.0346. The summed E-state index contributed by atoms with van der Waals surface area (Å²) in [6.07, 6.45) is 0.690. The first-order valence-electron chi connectivity index (χ1n) is 7.50. The van der Waals surface area contributed by atoms with Crippen LogP contribution in [-0.4, -0.2) is 28.7 Å². The van der Waals surface area contributed by atoms with Crippen molar-refractivity contribution in [1.82, 2.24) is 9.88 Å². The molecule has 1 fully saturated rings. The summed E-state index contributed by atoms with van der Waals surface area (Å²) >= 11 is 7.52. The molecule has 1 aromatic heterocycles. The number of thiazole rings is 1. The molecule has 0 radical (unpaired) electrons. The summed E-state index contributed by atoms with van der Waals surface area (Å²) in [4.78, 5) is 32.1. The molecule has 4 nitrogen and oxygen atoms in total. The Balaban J connectivity index is 1.86. The molecule has 6 heteroatoms. The van der Waals surface area contributed by atoms with Crippen LogP contribution in [0.25, 0.3) is 0 Å². The molecule has 1 saturated heterocycles. The topological polar surface area (TPSA) is 50.3 Å². The standard InChI is InChI=1S/C17H15ClN2O2S/c1-8-19-12-7-11(9-3-5-10(18)6-4-9)13-14(15(12)23-8)17(22)20(2)16(13)21/h3-6,11,13-14H,7H2,1-2H3/t11-,13+,14+/m0/s1. The van der Waals surface area contributed by atoms with Crippen LogP contribution in [0.15, 0.2) is 24.3 Å². The van der Waals surface area contributed by atoms with Crippen LogP contribution in [0.1, 0.15) is 33.0 Å². The highest BCUT2D eigenvalue weighted by Gasteiger charge is 2.54. The van der Waals surface area contributed by atoms with E-state index in [4.69, 9.17) is 11.6 Å². The number of aromatic nitrogens is 1. The molecule has 2 aliphatic rings. The van der Waals surface area contributed by atoms with Crippen LogP contribution in [-0.2, 0) is 16.0 Å². The second-order valence-electron chi connectivity index (χ2n) is 6.14. The maximum atomic E-state index is 12.7. The summed E-state index contributed by atoms with van der Waals surface area (Å²) in [5.74, 6) is -0.947. The fourth-order valence-corrected chi connectivity index (χ4v) is 4.98. The molecule has 4 rings (SSSR count). The van der Waals surface area contributed by atoms with Crippen molar-refractivity contribution in [1.29, 1.82) is 0 Å². The molecule has 1 aromatic carbocycles. The van der Waals surface area contributed by atoms with Crippen LogP contribution in [0, 0.1) is 12.8 Å². The first-order chi connectivity index (χ1) is 11.0. The Morgan fingerprint density at radius 1 is 1.22 bits per heavy atom. The molecule has 118 valence electrons. The van der Waals surface area contributed by atoms with Gasteiger partial charge in [-0.25, -0.2) is 4.98 Å². The lowest BCUT2D eigenvalue weighted by molar-refractivity contribution is -0.137. The summed E-state index contributed by atoms with van der Waals surface area (Å²) in [6.45, 7) is 1.94. The monoisotopic (exact) mass is 346 g/mol. The molecule has 0 saturated carbocycles. The molecule has 23 heavy (non-hydrogen) atoms. The van der Waals surface area contributed by atoms with E-state index in [1.165, 1.54) is 4.90 Å². The van der Waals surface area contributed by atoms with Gasteiger partial charge in [0.25, 0.3) is 0 Å². The molecular formula is C17H15ClN2O2S. The van der Waals surface area contributed by atoms with E-state index in [2.05, 4.69) is 4.98 Å². The third kappa shape index (κ3) is 2.14. The van der Waals surface area contributed by atoms with Crippen LogP contribution in [0.3, 0.4) is 0 Å². The van der Waals surface area contributed by atoms with E-state index in [0.29, 0.717) is 11.4 Å². The minimum atomic E-state index is -0.386. The molecular weight excluding hydrogens is 332 g/mol. The van der Waals surface area contributed by atoms with Crippen LogP contribution < -0.4 is 0 Å². The number of rotatable bonds is 1. The fraction of sp³-hybridized carbons (Fsp3) is 0.353. The number of fused-ring (bicyclic) bond motifs is 3. The van der Waals surface area contributed by atoms with Crippen molar-refractivity contribution in [2.75, 3.05) is 7.05 Å². The summed E-state index contributed by atoms with van der Waals surface area (Å²) in [5, 5.41) is 1.61. The number of benzene rings is 1. The lowest BCUT2D eigenvalue weighted by atomic mass is 9.72. The quantitative estimate of drug-likeness (QED) is 0.745. The SMILES string of the molecule is Cc1nc2c(s1)[C@@H]1C(=O)N(C)C(=O)[C@@H]1[C@H](c1ccc(Cl)cc1)C2. The van der Waals surface area contributed by atoms with Gasteiger partial charge in [-0.1, -0.05) is 23.7 Å². The van der Waals surface area contributed by atoms with Gasteiger partial charge in [-0.15, -0.1) is 11.3 Å². The van der Waals surface area contributed by atoms with E-state index in [-0.39, 0.29) is 29.6 Å². The van der Waals surface area contributed by atoms with Gasteiger partial charge in [0.2, 0.25) is 11.8 Å². The number of carbonyl (C=O) groups excluding carboxylic acids is 2. The highest BCUT2D eigenvalue weighted by molar-refractivity contribution is 7.12. The zero-order valence-corrected chi connectivity index (χ0v) is 14.3. The van der Waals surface area contributed by atoms with Gasteiger partial charge in [0.1, 0.15) is 0 Å². The lowest BCUT2D eigenvalue weighted by Crippen LogP contribution is -2.30. The Hall–Kier alpha value is -1.72. The maximum absolute atomic E-state index is 12.7. The molecule has 0 spiro atoms. The van der Waals surface area contributed by atoms with Crippen LogP contribution in [0.5, 0.6) is 0 Å². The third-order valence-corrected chi connectivity index (χ3v) is 6.18. The van der Waals surface area contributed by atoms with E-state index in [1.807, 2.05) is 31.2 Å². The molecule has 0 bridgehead atoms. The van der Waals surface area contributed by atoms with Gasteiger partial charge in [-0.2, -0.15) is 0 Å². The van der Waals surface area contributed by atoms with Crippen molar-refractivity contribution in [2.24, 2.45) is 5.92 Å². The van der Waals surface area contributed by atoms with Gasteiger partial charge < -0.3 is 0 Å². The Kier molecular flexibility index (Phi) is 3.32. The van der Waals surface area contributed by atoms with Crippen molar-refractivity contribution in [3.63, 3.8) is 0 Å². The van der Waals surface area contributed by atoms with Gasteiger partial charge in [-0.05, 0) is 31.0 Å². The van der Waals surface area contributed by atoms with E-state index in [9.17, 15) is 9.59 Å². The molecule has 2 amide bonds. The maximum Gasteiger partial charge on any atom is 0.238 e. The molecule has 0 unspecified atom stereocenters. The van der Waals surface area contributed by atoms with Crippen molar-refractivity contribution in [3.05, 3.63) is 50.4 Å². The second-order valence-corrected chi connectivity index (χ2v) is 7.82. The number of likely N-dealkylation sites (N-methyl/N-ethyl adjacent to an activating group) is 1. The average molecular weight is 347 g/mol. The summed E-state index contributed by atoms with van der Waals surface area (Å²) < 4.78 is 0. The van der Waals surface area contributed by atoms with Gasteiger partial charge in [-0.3, -0.25) is 14.5 Å². The first-order valence-corrected chi connectivity index (χ1v) is 8.70. The number of carbonyl (C=O) groups is 2. The van der Waals surface area contributed by atoms with E-state index in [0.717, 1.165) is 21.1 Å². The highest BCUT2D eigenvalue weighted by Crippen LogP contribution is 2.50. The summed E-state index contributed by atoms with van der Waals surface area (Å²) in [7, 11) is 1.58. The third-order valence-electron chi connectivity index (χ3n) is 4.83. The van der Waals surface area contributed by atoms with Crippen LogP contribution >= 0.6 is 22.9 Å². The number of hydrogen-bond acceptors (Lipinski definition) is 4. The Labute approximate surface area is 143 Å². The molecule has 0 N–H and O–H groups in total. The van der Waals surface area contributed by atoms with Gasteiger partial charge in [0.05, 0.1) is 22.5 Å². The number of halogens is 1. The number of imide groups is 1.